The molecule has 0 unspecified atom stereocenters. The lowest BCUT2D eigenvalue weighted by Crippen LogP contribution is -2.52. The van der Waals surface area contributed by atoms with Crippen molar-refractivity contribution in [3.8, 4) is 0 Å². The van der Waals surface area contributed by atoms with Crippen LogP contribution in [0.1, 0.15) is 62.1 Å². The van der Waals surface area contributed by atoms with E-state index in [9.17, 15) is 9.59 Å². The summed E-state index contributed by atoms with van der Waals surface area (Å²) in [4.78, 5) is 28.4. The number of nitrogens with one attached hydrogen (secondary N) is 1. The smallest absolute Gasteiger partial charge is 0.243 e. The Morgan fingerprint density at radius 3 is 2.40 bits per heavy atom. The van der Waals surface area contributed by atoms with E-state index in [1.54, 1.807) is 4.90 Å². The van der Waals surface area contributed by atoms with E-state index in [-0.39, 0.29) is 17.9 Å². The molecule has 1 N–H and O–H groups in total. The van der Waals surface area contributed by atoms with Crippen molar-refractivity contribution in [2.24, 2.45) is 0 Å². The van der Waals surface area contributed by atoms with E-state index in [4.69, 9.17) is 0 Å². The Kier molecular flexibility index (Phi) is 8.06. The Labute approximate surface area is 180 Å². The highest BCUT2D eigenvalue weighted by Crippen LogP contribution is 2.20. The van der Waals surface area contributed by atoms with E-state index in [1.807, 2.05) is 49.4 Å². The molecule has 1 aliphatic carbocycles. The van der Waals surface area contributed by atoms with Crippen LogP contribution in [0.5, 0.6) is 0 Å². The number of aryl methyl sites for hydroxylation is 1. The van der Waals surface area contributed by atoms with Crippen LogP contribution in [0.15, 0.2) is 54.6 Å². The Bertz CT molecular complexity index is 828. The number of carbonyl (C=O) groups excluding carboxylic acids is 2. The molecular weight excluding hydrogens is 372 g/mol. The molecule has 2 aromatic carbocycles. The maximum Gasteiger partial charge on any atom is 0.243 e. The van der Waals surface area contributed by atoms with Gasteiger partial charge in [0.1, 0.15) is 6.04 Å². The fourth-order valence-electron chi connectivity index (χ4n) is 4.29. The first-order chi connectivity index (χ1) is 14.6. The van der Waals surface area contributed by atoms with Crippen molar-refractivity contribution in [1.82, 2.24) is 10.2 Å². The number of hydrogen-bond acceptors (Lipinski definition) is 2. The molecule has 0 bridgehead atoms. The van der Waals surface area contributed by atoms with Crippen molar-refractivity contribution in [3.05, 3.63) is 71.3 Å². The zero-order valence-corrected chi connectivity index (χ0v) is 18.3. The summed E-state index contributed by atoms with van der Waals surface area (Å²) >= 11 is 0. The summed E-state index contributed by atoms with van der Waals surface area (Å²) in [6.45, 7) is 4.51. The van der Waals surface area contributed by atoms with Crippen molar-refractivity contribution in [1.29, 1.82) is 0 Å². The van der Waals surface area contributed by atoms with E-state index >= 15 is 0 Å². The van der Waals surface area contributed by atoms with E-state index in [0.717, 1.165) is 48.8 Å². The van der Waals surface area contributed by atoms with Gasteiger partial charge in [0.05, 0.1) is 0 Å². The minimum Gasteiger partial charge on any atom is -0.352 e. The highest BCUT2D eigenvalue weighted by molar-refractivity contribution is 5.88. The van der Waals surface area contributed by atoms with Crippen LogP contribution < -0.4 is 5.32 Å². The monoisotopic (exact) mass is 406 g/mol. The lowest BCUT2D eigenvalue weighted by Gasteiger charge is -2.32. The number of benzene rings is 2. The van der Waals surface area contributed by atoms with Gasteiger partial charge in [0.15, 0.2) is 0 Å². The molecule has 4 heteroatoms. The molecule has 0 saturated heterocycles. The Balaban J connectivity index is 1.88. The van der Waals surface area contributed by atoms with Crippen molar-refractivity contribution in [3.63, 3.8) is 0 Å². The average molecular weight is 407 g/mol. The van der Waals surface area contributed by atoms with E-state index in [0.29, 0.717) is 19.4 Å². The average Bonchev–Trinajstić information content (AvgIpc) is 3.24. The zero-order valence-electron chi connectivity index (χ0n) is 18.3. The summed E-state index contributed by atoms with van der Waals surface area (Å²) in [5, 5.41) is 3.24. The summed E-state index contributed by atoms with van der Waals surface area (Å²) in [6.07, 6.45) is 6.14. The molecule has 160 valence electrons. The quantitative estimate of drug-likeness (QED) is 0.651. The van der Waals surface area contributed by atoms with Crippen LogP contribution >= 0.6 is 0 Å². The predicted molar refractivity (Wildman–Crippen MR) is 121 cm³/mol. The number of amides is 2. The minimum atomic E-state index is -0.507. The van der Waals surface area contributed by atoms with Crippen LogP contribution in [0.4, 0.5) is 0 Å². The molecule has 4 nitrogen and oxygen atoms in total. The van der Waals surface area contributed by atoms with E-state index < -0.39 is 6.04 Å². The number of hydrogen-bond donors (Lipinski definition) is 1. The number of carbonyl (C=O) groups is 2. The Morgan fingerprint density at radius 2 is 1.73 bits per heavy atom. The van der Waals surface area contributed by atoms with Crippen LogP contribution in [0, 0.1) is 6.92 Å². The van der Waals surface area contributed by atoms with Gasteiger partial charge in [-0.15, -0.1) is 0 Å². The second-order valence-corrected chi connectivity index (χ2v) is 8.46. The molecule has 2 aromatic rings. The molecule has 0 radical (unpaired) electrons. The van der Waals surface area contributed by atoms with Crippen molar-refractivity contribution in [2.75, 3.05) is 0 Å². The largest absolute Gasteiger partial charge is 0.352 e. The van der Waals surface area contributed by atoms with Gasteiger partial charge in [0.25, 0.3) is 0 Å². The van der Waals surface area contributed by atoms with Gasteiger partial charge < -0.3 is 10.2 Å². The third-order valence-electron chi connectivity index (χ3n) is 5.87. The van der Waals surface area contributed by atoms with Crippen LogP contribution in [-0.4, -0.2) is 28.8 Å². The molecule has 0 heterocycles. The maximum atomic E-state index is 13.4. The van der Waals surface area contributed by atoms with Crippen LogP contribution in [0.25, 0.3) is 0 Å². The molecule has 0 aromatic heterocycles. The van der Waals surface area contributed by atoms with Gasteiger partial charge in [-0.3, -0.25) is 9.59 Å². The molecular formula is C26H34N2O2. The van der Waals surface area contributed by atoms with Crippen molar-refractivity contribution >= 4 is 11.8 Å². The van der Waals surface area contributed by atoms with Crippen molar-refractivity contribution < 1.29 is 9.59 Å². The maximum absolute atomic E-state index is 13.4. The Morgan fingerprint density at radius 1 is 1.03 bits per heavy atom. The normalized spacial score (nSPS) is 15.0. The minimum absolute atomic E-state index is 0.0251. The number of nitrogens with zero attached hydrogens (tertiary/aromatic N) is 1. The first kappa shape index (κ1) is 22.1. The van der Waals surface area contributed by atoms with Crippen molar-refractivity contribution in [2.45, 2.75) is 77.4 Å². The van der Waals surface area contributed by atoms with Gasteiger partial charge in [-0.05, 0) is 37.3 Å². The highest BCUT2D eigenvalue weighted by Gasteiger charge is 2.31. The molecule has 2 amide bonds. The summed E-state index contributed by atoms with van der Waals surface area (Å²) in [7, 11) is 0. The van der Waals surface area contributed by atoms with Gasteiger partial charge in [-0.1, -0.05) is 79.9 Å². The van der Waals surface area contributed by atoms with Gasteiger partial charge in [-0.2, -0.15) is 0 Å². The Hall–Kier alpha value is -2.62. The van der Waals surface area contributed by atoms with E-state index in [1.165, 1.54) is 0 Å². The third-order valence-corrected chi connectivity index (χ3v) is 5.87. The van der Waals surface area contributed by atoms with Crippen LogP contribution in [0.3, 0.4) is 0 Å². The first-order valence-corrected chi connectivity index (χ1v) is 11.3. The lowest BCUT2D eigenvalue weighted by molar-refractivity contribution is -0.141. The standard InChI is InChI=1S/C26H34N2O2/c1-3-10-25(29)28(19-22-14-9-11-20(2)17-22)24(18-21-12-5-4-6-13-21)26(30)27-23-15-7-8-16-23/h4-6,9,11-14,17,23-24H,3,7-8,10,15-16,18-19H2,1-2H3,(H,27,30)/t24-/m1/s1. The van der Waals surface area contributed by atoms with Gasteiger partial charge in [-0.25, -0.2) is 0 Å². The summed E-state index contributed by atoms with van der Waals surface area (Å²) in [5.74, 6) is 0.0179. The SMILES string of the molecule is CCCC(=O)N(Cc1cccc(C)c1)[C@H](Cc1ccccc1)C(=O)NC1CCCC1. The first-order valence-electron chi connectivity index (χ1n) is 11.3. The number of rotatable bonds is 9. The molecule has 1 atom stereocenters. The van der Waals surface area contributed by atoms with Crippen LogP contribution in [0.2, 0.25) is 0 Å². The molecule has 0 aliphatic heterocycles. The molecule has 0 spiro atoms. The second kappa shape index (κ2) is 11.0. The van der Waals surface area contributed by atoms with Crippen LogP contribution in [-0.2, 0) is 22.6 Å². The van der Waals surface area contributed by atoms with Gasteiger partial charge >= 0.3 is 0 Å². The molecule has 30 heavy (non-hydrogen) atoms. The predicted octanol–water partition coefficient (Wildman–Crippen LogP) is 4.79. The van der Waals surface area contributed by atoms with Gasteiger partial charge in [0.2, 0.25) is 11.8 Å². The third kappa shape index (κ3) is 6.19. The second-order valence-electron chi connectivity index (χ2n) is 8.46. The molecule has 1 aliphatic rings. The zero-order chi connectivity index (χ0) is 21.3. The lowest BCUT2D eigenvalue weighted by atomic mass is 10.0. The molecule has 1 saturated carbocycles. The van der Waals surface area contributed by atoms with E-state index in [2.05, 4.69) is 24.4 Å². The summed E-state index contributed by atoms with van der Waals surface area (Å²) in [5.41, 5.74) is 3.29. The fraction of sp³-hybridized carbons (Fsp3) is 0.462. The van der Waals surface area contributed by atoms with Gasteiger partial charge in [0, 0.05) is 25.4 Å². The molecule has 3 rings (SSSR count). The summed E-state index contributed by atoms with van der Waals surface area (Å²) in [6, 6.07) is 17.9. The topological polar surface area (TPSA) is 49.4 Å². The highest BCUT2D eigenvalue weighted by atomic mass is 16.2. The molecule has 1 fully saturated rings. The summed E-state index contributed by atoms with van der Waals surface area (Å²) < 4.78 is 0. The fourth-order valence-corrected chi connectivity index (χ4v) is 4.29.